The second-order valence-corrected chi connectivity index (χ2v) is 4.40. The summed E-state index contributed by atoms with van der Waals surface area (Å²) in [7, 11) is 0. The topological polar surface area (TPSA) is 55.1 Å². The Hall–Kier alpha value is -1.35. The molecule has 1 aliphatic rings. The summed E-state index contributed by atoms with van der Waals surface area (Å²) >= 11 is 0. The van der Waals surface area contributed by atoms with Gasteiger partial charge in [0.2, 0.25) is 5.91 Å². The lowest BCUT2D eigenvalue weighted by Crippen LogP contribution is -2.38. The lowest BCUT2D eigenvalue weighted by molar-refractivity contribution is -0.122. The molecule has 1 amide bonds. The number of hydrogen-bond donors (Lipinski definition) is 2. The first-order valence-electron chi connectivity index (χ1n) is 5.82. The van der Waals surface area contributed by atoms with Crippen molar-refractivity contribution >= 4 is 5.91 Å². The molecule has 0 radical (unpaired) electrons. The number of nitrogens with two attached hydrogens (primary N) is 1. The summed E-state index contributed by atoms with van der Waals surface area (Å²) in [5.41, 5.74) is 7.26. The van der Waals surface area contributed by atoms with Crippen molar-refractivity contribution in [2.75, 3.05) is 0 Å². The zero-order valence-corrected chi connectivity index (χ0v) is 9.52. The molecule has 1 unspecified atom stereocenters. The Morgan fingerprint density at radius 1 is 1.31 bits per heavy atom. The van der Waals surface area contributed by atoms with E-state index in [4.69, 9.17) is 5.73 Å². The third-order valence-corrected chi connectivity index (χ3v) is 3.33. The molecular formula is C13H18N2O. The molecule has 0 saturated carbocycles. The highest BCUT2D eigenvalue weighted by molar-refractivity contribution is 5.82. The van der Waals surface area contributed by atoms with Crippen LogP contribution < -0.4 is 11.1 Å². The van der Waals surface area contributed by atoms with Crippen molar-refractivity contribution in [2.24, 2.45) is 11.7 Å². The van der Waals surface area contributed by atoms with Crippen LogP contribution in [0.4, 0.5) is 0 Å². The molecule has 1 fully saturated rings. The summed E-state index contributed by atoms with van der Waals surface area (Å²) in [6.07, 6.45) is 1.64. The Kier molecular flexibility index (Phi) is 3.25. The van der Waals surface area contributed by atoms with Crippen LogP contribution in [-0.4, -0.2) is 18.0 Å². The van der Waals surface area contributed by atoms with E-state index in [1.54, 1.807) is 0 Å². The predicted octanol–water partition coefficient (Wildman–Crippen LogP) is 1.08. The van der Waals surface area contributed by atoms with Crippen molar-refractivity contribution in [3.05, 3.63) is 35.9 Å². The van der Waals surface area contributed by atoms with Gasteiger partial charge in [-0.1, -0.05) is 37.3 Å². The smallest absolute Gasteiger partial charge is 0.225 e. The number of rotatable bonds is 3. The molecule has 1 heterocycles. The van der Waals surface area contributed by atoms with Gasteiger partial charge in [-0.25, -0.2) is 0 Å². The zero-order valence-electron chi connectivity index (χ0n) is 9.52. The maximum absolute atomic E-state index is 11.8. The molecule has 3 N–H and O–H groups in total. The number of carbonyl (C=O) groups excluding carboxylic acids is 1. The van der Waals surface area contributed by atoms with E-state index in [2.05, 4.69) is 12.2 Å². The fourth-order valence-corrected chi connectivity index (χ4v) is 2.31. The summed E-state index contributed by atoms with van der Waals surface area (Å²) in [5.74, 6) is 0.0237. The SMILES string of the molecule is CCC1NC(=O)[C@@H](Cc2ccccc2)[C@@H]1N. The van der Waals surface area contributed by atoms with E-state index in [0.717, 1.165) is 12.8 Å². The maximum Gasteiger partial charge on any atom is 0.225 e. The number of amides is 1. The van der Waals surface area contributed by atoms with Crippen LogP contribution in [0.5, 0.6) is 0 Å². The third-order valence-electron chi connectivity index (χ3n) is 3.33. The summed E-state index contributed by atoms with van der Waals surface area (Å²) in [6, 6.07) is 10.1. The summed E-state index contributed by atoms with van der Waals surface area (Å²) in [4.78, 5) is 11.8. The minimum Gasteiger partial charge on any atom is -0.351 e. The molecule has 3 heteroatoms. The molecule has 1 saturated heterocycles. The highest BCUT2D eigenvalue weighted by Crippen LogP contribution is 2.21. The first-order valence-corrected chi connectivity index (χ1v) is 5.82. The van der Waals surface area contributed by atoms with Crippen LogP contribution in [0.25, 0.3) is 0 Å². The van der Waals surface area contributed by atoms with E-state index in [9.17, 15) is 4.79 Å². The highest BCUT2D eigenvalue weighted by atomic mass is 16.2. The molecule has 0 aliphatic carbocycles. The molecule has 3 atom stereocenters. The van der Waals surface area contributed by atoms with E-state index in [-0.39, 0.29) is 23.9 Å². The van der Waals surface area contributed by atoms with Gasteiger partial charge in [-0.05, 0) is 18.4 Å². The summed E-state index contributed by atoms with van der Waals surface area (Å²) in [6.45, 7) is 2.05. The molecule has 16 heavy (non-hydrogen) atoms. The second-order valence-electron chi connectivity index (χ2n) is 4.40. The second kappa shape index (κ2) is 4.66. The van der Waals surface area contributed by atoms with Gasteiger partial charge in [-0.2, -0.15) is 0 Å². The molecule has 86 valence electrons. The van der Waals surface area contributed by atoms with Gasteiger partial charge in [0.15, 0.2) is 0 Å². The Labute approximate surface area is 96.0 Å². The van der Waals surface area contributed by atoms with Crippen LogP contribution in [0.15, 0.2) is 30.3 Å². The van der Waals surface area contributed by atoms with Crippen molar-refractivity contribution in [3.8, 4) is 0 Å². The van der Waals surface area contributed by atoms with Gasteiger partial charge < -0.3 is 11.1 Å². The highest BCUT2D eigenvalue weighted by Gasteiger charge is 2.38. The van der Waals surface area contributed by atoms with Crippen LogP contribution in [0, 0.1) is 5.92 Å². The number of nitrogens with one attached hydrogen (secondary N) is 1. The van der Waals surface area contributed by atoms with Gasteiger partial charge in [-0.15, -0.1) is 0 Å². The molecule has 3 nitrogen and oxygen atoms in total. The van der Waals surface area contributed by atoms with Gasteiger partial charge in [0.05, 0.1) is 5.92 Å². The maximum atomic E-state index is 11.8. The van der Waals surface area contributed by atoms with E-state index in [0.29, 0.717) is 0 Å². The Balaban J connectivity index is 2.08. The Bertz CT molecular complexity index is 363. The lowest BCUT2D eigenvalue weighted by Gasteiger charge is -2.16. The summed E-state index contributed by atoms with van der Waals surface area (Å²) in [5, 5.41) is 2.96. The Morgan fingerprint density at radius 2 is 2.00 bits per heavy atom. The number of hydrogen-bond acceptors (Lipinski definition) is 2. The monoisotopic (exact) mass is 218 g/mol. The molecule has 0 spiro atoms. The van der Waals surface area contributed by atoms with Crippen molar-refractivity contribution in [1.82, 2.24) is 5.32 Å². The van der Waals surface area contributed by atoms with Crippen molar-refractivity contribution in [2.45, 2.75) is 31.8 Å². The van der Waals surface area contributed by atoms with E-state index < -0.39 is 0 Å². The molecule has 0 bridgehead atoms. The predicted molar refractivity (Wildman–Crippen MR) is 63.8 cm³/mol. The minimum atomic E-state index is -0.0765. The first-order chi connectivity index (χ1) is 7.72. The summed E-state index contributed by atoms with van der Waals surface area (Å²) < 4.78 is 0. The molecule has 1 aliphatic heterocycles. The molecule has 1 aromatic rings. The van der Waals surface area contributed by atoms with Gasteiger partial charge in [0.25, 0.3) is 0 Å². The standard InChI is InChI=1S/C13H18N2O/c1-2-11-12(14)10(13(16)15-11)8-9-6-4-3-5-7-9/h3-7,10-12H,2,8,14H2,1H3,(H,15,16)/t10-,11?,12-/m0/s1. The third kappa shape index (κ3) is 2.09. The first kappa shape index (κ1) is 11.1. The van der Waals surface area contributed by atoms with Crippen LogP contribution in [0.3, 0.4) is 0 Å². The number of benzene rings is 1. The van der Waals surface area contributed by atoms with Crippen molar-refractivity contribution in [3.63, 3.8) is 0 Å². The fourth-order valence-electron chi connectivity index (χ4n) is 2.31. The minimum absolute atomic E-state index is 0.0577. The molecule has 1 aromatic carbocycles. The quantitative estimate of drug-likeness (QED) is 0.797. The van der Waals surface area contributed by atoms with Crippen molar-refractivity contribution in [1.29, 1.82) is 0 Å². The average molecular weight is 218 g/mol. The van der Waals surface area contributed by atoms with E-state index in [1.807, 2.05) is 30.3 Å². The Morgan fingerprint density at radius 3 is 2.56 bits per heavy atom. The van der Waals surface area contributed by atoms with Crippen LogP contribution in [0.1, 0.15) is 18.9 Å². The van der Waals surface area contributed by atoms with E-state index >= 15 is 0 Å². The largest absolute Gasteiger partial charge is 0.351 e. The normalized spacial score (nSPS) is 29.1. The fraction of sp³-hybridized carbons (Fsp3) is 0.462. The van der Waals surface area contributed by atoms with Gasteiger partial charge >= 0.3 is 0 Å². The molecular weight excluding hydrogens is 200 g/mol. The van der Waals surface area contributed by atoms with Gasteiger partial charge in [0.1, 0.15) is 0 Å². The van der Waals surface area contributed by atoms with Crippen LogP contribution in [-0.2, 0) is 11.2 Å². The van der Waals surface area contributed by atoms with Gasteiger partial charge in [0, 0.05) is 12.1 Å². The zero-order chi connectivity index (χ0) is 11.5. The van der Waals surface area contributed by atoms with Gasteiger partial charge in [-0.3, -0.25) is 4.79 Å². The molecule has 2 rings (SSSR count). The van der Waals surface area contributed by atoms with Crippen molar-refractivity contribution < 1.29 is 4.79 Å². The average Bonchev–Trinajstić information content (AvgIpc) is 2.58. The lowest BCUT2D eigenvalue weighted by atomic mass is 9.91. The van der Waals surface area contributed by atoms with Crippen LogP contribution in [0.2, 0.25) is 0 Å². The molecule has 0 aromatic heterocycles. The van der Waals surface area contributed by atoms with E-state index in [1.165, 1.54) is 5.56 Å². The van der Waals surface area contributed by atoms with Crippen LogP contribution >= 0.6 is 0 Å². The number of carbonyl (C=O) groups is 1.